The molecule has 0 aliphatic rings. The van der Waals surface area contributed by atoms with Crippen LogP contribution in [-0.4, -0.2) is 26.8 Å². The summed E-state index contributed by atoms with van der Waals surface area (Å²) in [6.07, 6.45) is 4.18. The molecule has 0 aliphatic carbocycles. The normalized spacial score (nSPS) is 16.1. The Balaban J connectivity index is 2.94. The monoisotopic (exact) mass is 225 g/mol. The van der Waals surface area contributed by atoms with Crippen LogP contribution in [-0.2, 0) is 13.0 Å². The summed E-state index contributed by atoms with van der Waals surface area (Å²) < 4.78 is 2.03. The van der Waals surface area contributed by atoms with Gasteiger partial charge in [0.25, 0.3) is 0 Å². The van der Waals surface area contributed by atoms with Crippen LogP contribution >= 0.6 is 0 Å². The van der Waals surface area contributed by atoms with E-state index in [9.17, 15) is 5.11 Å². The summed E-state index contributed by atoms with van der Waals surface area (Å²) in [6.45, 7) is 9.16. The molecule has 1 heterocycles. The number of hydrogen-bond donors (Lipinski definition) is 2. The lowest BCUT2D eigenvalue weighted by Crippen LogP contribution is -2.51. The number of hydrogen-bond acceptors (Lipinski definition) is 3. The first kappa shape index (κ1) is 13.2. The van der Waals surface area contributed by atoms with E-state index in [-0.39, 0.29) is 12.0 Å². The zero-order valence-electron chi connectivity index (χ0n) is 10.7. The van der Waals surface area contributed by atoms with Crippen LogP contribution in [0.3, 0.4) is 0 Å². The molecule has 92 valence electrons. The Kier molecular flexibility index (Phi) is 3.76. The van der Waals surface area contributed by atoms with E-state index in [0.29, 0.717) is 6.42 Å². The van der Waals surface area contributed by atoms with Gasteiger partial charge in [-0.05, 0) is 12.3 Å². The van der Waals surface area contributed by atoms with Gasteiger partial charge in [-0.3, -0.25) is 0 Å². The van der Waals surface area contributed by atoms with Crippen molar-refractivity contribution in [1.82, 2.24) is 9.55 Å². The van der Waals surface area contributed by atoms with E-state index in [4.69, 9.17) is 5.73 Å². The fourth-order valence-electron chi connectivity index (χ4n) is 1.70. The molecular weight excluding hydrogens is 202 g/mol. The molecule has 3 N–H and O–H groups in total. The number of nitrogens with two attached hydrogens (primary N) is 1. The van der Waals surface area contributed by atoms with Crippen LogP contribution in [0.5, 0.6) is 0 Å². The van der Waals surface area contributed by atoms with Crippen molar-refractivity contribution in [2.75, 3.05) is 6.54 Å². The van der Waals surface area contributed by atoms with Gasteiger partial charge in [0.15, 0.2) is 0 Å². The SMILES string of the molecule is CCn1ccnc1CC(O)(CN)C(C)(C)C. The Hall–Kier alpha value is -0.870. The van der Waals surface area contributed by atoms with Gasteiger partial charge in [-0.1, -0.05) is 20.8 Å². The third-order valence-electron chi connectivity index (χ3n) is 3.33. The molecule has 0 saturated heterocycles. The molecule has 0 radical (unpaired) electrons. The number of aromatic nitrogens is 2. The fraction of sp³-hybridized carbons (Fsp3) is 0.750. The van der Waals surface area contributed by atoms with Crippen LogP contribution in [0.1, 0.15) is 33.5 Å². The third-order valence-corrected chi connectivity index (χ3v) is 3.33. The summed E-state index contributed by atoms with van der Waals surface area (Å²) in [5, 5.41) is 10.6. The van der Waals surface area contributed by atoms with Gasteiger partial charge < -0.3 is 15.4 Å². The summed E-state index contributed by atoms with van der Waals surface area (Å²) in [7, 11) is 0. The van der Waals surface area contributed by atoms with E-state index in [1.54, 1.807) is 6.20 Å². The molecule has 0 amide bonds. The molecule has 0 aromatic carbocycles. The van der Waals surface area contributed by atoms with Gasteiger partial charge in [0.05, 0.1) is 5.60 Å². The van der Waals surface area contributed by atoms with Crippen LogP contribution in [0.2, 0.25) is 0 Å². The lowest BCUT2D eigenvalue weighted by molar-refractivity contribution is -0.0510. The van der Waals surface area contributed by atoms with Crippen LogP contribution in [0, 0.1) is 5.41 Å². The topological polar surface area (TPSA) is 64.1 Å². The van der Waals surface area contributed by atoms with E-state index >= 15 is 0 Å². The van der Waals surface area contributed by atoms with E-state index < -0.39 is 5.60 Å². The van der Waals surface area contributed by atoms with E-state index in [0.717, 1.165) is 12.4 Å². The number of aliphatic hydroxyl groups is 1. The molecule has 0 aliphatic heterocycles. The molecule has 16 heavy (non-hydrogen) atoms. The molecule has 4 nitrogen and oxygen atoms in total. The summed E-state index contributed by atoms with van der Waals surface area (Å²) in [4.78, 5) is 4.28. The lowest BCUT2D eigenvalue weighted by Gasteiger charge is -2.39. The summed E-state index contributed by atoms with van der Waals surface area (Å²) in [6, 6.07) is 0. The minimum Gasteiger partial charge on any atom is -0.388 e. The predicted octanol–water partition coefficient (Wildman–Crippen LogP) is 1.18. The zero-order valence-corrected chi connectivity index (χ0v) is 10.7. The smallest absolute Gasteiger partial charge is 0.111 e. The predicted molar refractivity (Wildman–Crippen MR) is 65.1 cm³/mol. The minimum atomic E-state index is -0.911. The van der Waals surface area contributed by atoms with Gasteiger partial charge in [0, 0.05) is 31.9 Å². The fourth-order valence-corrected chi connectivity index (χ4v) is 1.70. The van der Waals surface area contributed by atoms with Crippen LogP contribution in [0.4, 0.5) is 0 Å². The van der Waals surface area contributed by atoms with Gasteiger partial charge in [-0.15, -0.1) is 0 Å². The third kappa shape index (κ3) is 2.44. The Morgan fingerprint density at radius 2 is 2.06 bits per heavy atom. The maximum Gasteiger partial charge on any atom is 0.111 e. The standard InChI is InChI=1S/C12H23N3O/c1-5-15-7-6-14-10(15)8-12(16,9-13)11(2,3)4/h6-7,16H,5,8-9,13H2,1-4H3. The Bertz CT molecular complexity index is 340. The van der Waals surface area contributed by atoms with Crippen molar-refractivity contribution in [3.63, 3.8) is 0 Å². The Morgan fingerprint density at radius 3 is 2.50 bits per heavy atom. The first-order valence-corrected chi connectivity index (χ1v) is 5.76. The molecule has 0 bridgehead atoms. The van der Waals surface area contributed by atoms with Crippen molar-refractivity contribution in [2.45, 2.75) is 46.3 Å². The van der Waals surface area contributed by atoms with Crippen molar-refractivity contribution >= 4 is 0 Å². The molecule has 0 spiro atoms. The zero-order chi connectivity index (χ0) is 12.4. The first-order valence-electron chi connectivity index (χ1n) is 5.76. The number of aryl methyl sites for hydroxylation is 1. The molecule has 1 aromatic heterocycles. The molecule has 1 rings (SSSR count). The number of rotatable bonds is 4. The minimum absolute atomic E-state index is 0.243. The summed E-state index contributed by atoms with van der Waals surface area (Å²) in [5.41, 5.74) is 4.55. The van der Waals surface area contributed by atoms with E-state index in [1.165, 1.54) is 0 Å². The highest BCUT2D eigenvalue weighted by Gasteiger charge is 2.39. The lowest BCUT2D eigenvalue weighted by atomic mass is 9.74. The molecule has 1 atom stereocenters. The second kappa shape index (κ2) is 4.55. The number of imidazole rings is 1. The van der Waals surface area contributed by atoms with Crippen LogP contribution < -0.4 is 5.73 Å². The van der Waals surface area contributed by atoms with Gasteiger partial charge in [0.2, 0.25) is 0 Å². The van der Waals surface area contributed by atoms with E-state index in [1.807, 2.05) is 31.5 Å². The molecule has 1 aromatic rings. The van der Waals surface area contributed by atoms with Crippen molar-refractivity contribution < 1.29 is 5.11 Å². The van der Waals surface area contributed by atoms with Gasteiger partial charge in [-0.25, -0.2) is 4.98 Å². The van der Waals surface area contributed by atoms with Gasteiger partial charge >= 0.3 is 0 Å². The van der Waals surface area contributed by atoms with Crippen LogP contribution in [0.15, 0.2) is 12.4 Å². The first-order chi connectivity index (χ1) is 7.34. The van der Waals surface area contributed by atoms with Crippen LogP contribution in [0.25, 0.3) is 0 Å². The highest BCUT2D eigenvalue weighted by atomic mass is 16.3. The average Bonchev–Trinajstić information content (AvgIpc) is 2.63. The summed E-state index contributed by atoms with van der Waals surface area (Å²) in [5.74, 6) is 0.894. The van der Waals surface area contributed by atoms with Gasteiger partial charge in [-0.2, -0.15) is 0 Å². The molecule has 1 unspecified atom stereocenters. The van der Waals surface area contributed by atoms with Crippen molar-refractivity contribution in [1.29, 1.82) is 0 Å². The number of nitrogens with zero attached hydrogens (tertiary/aromatic N) is 2. The average molecular weight is 225 g/mol. The molecule has 0 saturated carbocycles. The maximum atomic E-state index is 10.6. The second-order valence-corrected chi connectivity index (χ2v) is 5.29. The quantitative estimate of drug-likeness (QED) is 0.809. The highest BCUT2D eigenvalue weighted by molar-refractivity contribution is 5.03. The molecule has 4 heteroatoms. The van der Waals surface area contributed by atoms with Crippen molar-refractivity contribution in [3.05, 3.63) is 18.2 Å². The largest absolute Gasteiger partial charge is 0.388 e. The maximum absolute atomic E-state index is 10.6. The van der Waals surface area contributed by atoms with Gasteiger partial charge in [0.1, 0.15) is 5.82 Å². The van der Waals surface area contributed by atoms with Crippen molar-refractivity contribution in [3.8, 4) is 0 Å². The molecular formula is C12H23N3O. The highest BCUT2D eigenvalue weighted by Crippen LogP contribution is 2.32. The molecule has 0 fully saturated rings. The Labute approximate surface area is 97.5 Å². The van der Waals surface area contributed by atoms with Crippen molar-refractivity contribution in [2.24, 2.45) is 11.1 Å². The van der Waals surface area contributed by atoms with E-state index in [2.05, 4.69) is 11.9 Å². The summed E-state index contributed by atoms with van der Waals surface area (Å²) >= 11 is 0. The Morgan fingerprint density at radius 1 is 1.44 bits per heavy atom. The second-order valence-electron chi connectivity index (χ2n) is 5.29.